The van der Waals surface area contributed by atoms with Crippen LogP contribution in [0.25, 0.3) is 11.3 Å². The first-order valence-electron chi connectivity index (χ1n) is 8.87. The normalized spacial score (nSPS) is 17.8. The maximum absolute atomic E-state index is 14.1. The zero-order valence-electron chi connectivity index (χ0n) is 14.7. The minimum Gasteiger partial charge on any atom is -0.376 e. The Kier molecular flexibility index (Phi) is 5.00. The molecule has 0 amide bonds. The van der Waals surface area contributed by atoms with E-state index in [2.05, 4.69) is 46.1 Å². The van der Waals surface area contributed by atoms with Crippen molar-refractivity contribution in [3.05, 3.63) is 70.1 Å². The van der Waals surface area contributed by atoms with Crippen LogP contribution in [0.3, 0.4) is 0 Å². The van der Waals surface area contributed by atoms with E-state index >= 15 is 0 Å². The third-order valence-electron chi connectivity index (χ3n) is 4.62. The molecule has 1 fully saturated rings. The fourth-order valence-electron chi connectivity index (χ4n) is 3.19. The Labute approximate surface area is 156 Å². The zero-order valence-corrected chi connectivity index (χ0v) is 15.5. The number of nitrogens with zero attached hydrogens (tertiary/aromatic N) is 2. The molecule has 2 aromatic carbocycles. The van der Waals surface area contributed by atoms with Gasteiger partial charge in [-0.05, 0) is 37.5 Å². The molecule has 0 spiro atoms. The fourth-order valence-corrected chi connectivity index (χ4v) is 4.12. The summed E-state index contributed by atoms with van der Waals surface area (Å²) in [6, 6.07) is 15.1. The molecule has 0 bridgehead atoms. The van der Waals surface area contributed by atoms with E-state index in [4.69, 9.17) is 4.74 Å². The Morgan fingerprint density at radius 1 is 1.19 bits per heavy atom. The van der Waals surface area contributed by atoms with E-state index in [9.17, 15) is 4.39 Å². The molecule has 0 aliphatic carbocycles. The minimum atomic E-state index is -0.304. The van der Waals surface area contributed by atoms with Gasteiger partial charge in [-0.25, -0.2) is 9.38 Å². The molecule has 0 saturated carbocycles. The molecule has 2 heterocycles. The van der Waals surface area contributed by atoms with Gasteiger partial charge in [0.1, 0.15) is 11.5 Å². The lowest BCUT2D eigenvalue weighted by molar-refractivity contribution is 0.0968. The number of aryl methyl sites for hydroxylation is 1. The van der Waals surface area contributed by atoms with Gasteiger partial charge in [-0.2, -0.15) is 0 Å². The van der Waals surface area contributed by atoms with Crippen molar-refractivity contribution >= 4 is 17.0 Å². The summed E-state index contributed by atoms with van der Waals surface area (Å²) in [6.07, 6.45) is 2.33. The third-order valence-corrected chi connectivity index (χ3v) is 5.49. The van der Waals surface area contributed by atoms with Gasteiger partial charge in [0.25, 0.3) is 0 Å². The van der Waals surface area contributed by atoms with Crippen molar-refractivity contribution in [1.29, 1.82) is 0 Å². The van der Waals surface area contributed by atoms with Gasteiger partial charge >= 0.3 is 0 Å². The maximum Gasteiger partial charge on any atom is 0.190 e. The molecule has 1 saturated heterocycles. The highest BCUT2D eigenvalue weighted by molar-refractivity contribution is 7.07. The molecule has 1 aromatic heterocycles. The van der Waals surface area contributed by atoms with Gasteiger partial charge in [0, 0.05) is 12.0 Å². The maximum atomic E-state index is 14.1. The Morgan fingerprint density at radius 3 is 2.73 bits per heavy atom. The van der Waals surface area contributed by atoms with Crippen molar-refractivity contribution in [2.24, 2.45) is 4.99 Å². The molecular weight excluding hydrogens is 347 g/mol. The fraction of sp³-hybridized carbons (Fsp3) is 0.286. The predicted octanol–water partition coefficient (Wildman–Crippen LogP) is 5.08. The Morgan fingerprint density at radius 2 is 2.00 bits per heavy atom. The van der Waals surface area contributed by atoms with Gasteiger partial charge in [-0.3, -0.25) is 0 Å². The monoisotopic (exact) mass is 368 g/mol. The highest BCUT2D eigenvalue weighted by Gasteiger charge is 2.19. The number of aromatic nitrogens is 1. The molecule has 1 aliphatic rings. The number of para-hydroxylation sites is 1. The van der Waals surface area contributed by atoms with Crippen molar-refractivity contribution < 1.29 is 9.13 Å². The van der Waals surface area contributed by atoms with Crippen LogP contribution in [0, 0.1) is 12.7 Å². The number of hydrogen-bond acceptors (Lipinski definition) is 3. The Bertz CT molecular complexity index is 953. The summed E-state index contributed by atoms with van der Waals surface area (Å²) in [5.41, 5.74) is 3.83. The number of halogens is 1. The van der Waals surface area contributed by atoms with Crippen LogP contribution in [0.4, 0.5) is 10.1 Å². The average Bonchev–Trinajstić information content (AvgIpc) is 3.29. The summed E-state index contributed by atoms with van der Waals surface area (Å²) in [5, 5.41) is 2.10. The Balaban J connectivity index is 1.81. The average molecular weight is 368 g/mol. The van der Waals surface area contributed by atoms with E-state index in [0.717, 1.165) is 42.1 Å². The smallest absolute Gasteiger partial charge is 0.190 e. The second-order valence-electron chi connectivity index (χ2n) is 6.58. The van der Waals surface area contributed by atoms with Crippen molar-refractivity contribution in [3.63, 3.8) is 0 Å². The molecule has 3 aromatic rings. The summed E-state index contributed by atoms with van der Waals surface area (Å²) < 4.78 is 22.1. The summed E-state index contributed by atoms with van der Waals surface area (Å²) >= 11 is 1.54. The van der Waals surface area contributed by atoms with Crippen LogP contribution < -0.4 is 4.80 Å². The molecule has 0 N–H and O–H groups in total. The summed E-state index contributed by atoms with van der Waals surface area (Å²) in [4.78, 5) is 5.39. The van der Waals surface area contributed by atoms with Crippen LogP contribution in [0.15, 0.2) is 58.9 Å². The topological polar surface area (TPSA) is 26.5 Å². The number of rotatable bonds is 4. The first kappa shape index (κ1) is 17.2. The summed E-state index contributed by atoms with van der Waals surface area (Å²) in [7, 11) is 0. The van der Waals surface area contributed by atoms with Crippen LogP contribution in [0.1, 0.15) is 18.4 Å². The lowest BCUT2D eigenvalue weighted by Gasteiger charge is -2.14. The molecule has 134 valence electrons. The van der Waals surface area contributed by atoms with Crippen molar-refractivity contribution in [3.8, 4) is 11.3 Å². The Hall–Kier alpha value is -2.24. The van der Waals surface area contributed by atoms with E-state index in [1.54, 1.807) is 18.2 Å². The molecule has 5 heteroatoms. The second-order valence-corrected chi connectivity index (χ2v) is 7.41. The van der Waals surface area contributed by atoms with Gasteiger partial charge < -0.3 is 9.30 Å². The van der Waals surface area contributed by atoms with Crippen molar-refractivity contribution in [2.75, 3.05) is 6.61 Å². The SMILES string of the molecule is Cc1ccc(-c2csc(=Nc3ccccc3F)n2CC2CCCO2)cc1. The van der Waals surface area contributed by atoms with Gasteiger partial charge in [0.15, 0.2) is 4.80 Å². The van der Waals surface area contributed by atoms with Crippen LogP contribution in [0.2, 0.25) is 0 Å². The third kappa shape index (κ3) is 3.64. The predicted molar refractivity (Wildman–Crippen MR) is 103 cm³/mol. The number of benzene rings is 2. The number of ether oxygens (including phenoxy) is 1. The molecule has 3 nitrogen and oxygen atoms in total. The molecule has 1 unspecified atom stereocenters. The summed E-state index contributed by atoms with van der Waals surface area (Å²) in [6.45, 7) is 3.63. The molecule has 26 heavy (non-hydrogen) atoms. The zero-order chi connectivity index (χ0) is 17.9. The largest absolute Gasteiger partial charge is 0.376 e. The van der Waals surface area contributed by atoms with Gasteiger partial charge in [-0.1, -0.05) is 42.0 Å². The van der Waals surface area contributed by atoms with Gasteiger partial charge in [0.05, 0.1) is 18.3 Å². The van der Waals surface area contributed by atoms with Crippen LogP contribution in [-0.2, 0) is 11.3 Å². The van der Waals surface area contributed by atoms with Gasteiger partial charge in [-0.15, -0.1) is 11.3 Å². The number of hydrogen-bond donors (Lipinski definition) is 0. The lowest BCUT2D eigenvalue weighted by atomic mass is 10.1. The van der Waals surface area contributed by atoms with Crippen LogP contribution >= 0.6 is 11.3 Å². The quantitative estimate of drug-likeness (QED) is 0.631. The standard InChI is InChI=1S/C21H21FN2OS/c1-15-8-10-16(11-9-15)20-14-26-21(23-19-7-3-2-6-18(19)22)24(20)13-17-5-4-12-25-17/h2-3,6-11,14,17H,4-5,12-13H2,1H3. The van der Waals surface area contributed by atoms with Crippen molar-refractivity contribution in [1.82, 2.24) is 4.57 Å². The van der Waals surface area contributed by atoms with E-state index in [0.29, 0.717) is 5.69 Å². The molecule has 1 atom stereocenters. The van der Waals surface area contributed by atoms with Crippen LogP contribution in [-0.4, -0.2) is 17.3 Å². The van der Waals surface area contributed by atoms with E-state index < -0.39 is 0 Å². The molecule has 0 radical (unpaired) electrons. The first-order valence-corrected chi connectivity index (χ1v) is 9.75. The van der Waals surface area contributed by atoms with E-state index in [-0.39, 0.29) is 11.9 Å². The molecule has 4 rings (SSSR count). The minimum absolute atomic E-state index is 0.188. The van der Waals surface area contributed by atoms with E-state index in [1.165, 1.54) is 23.0 Å². The van der Waals surface area contributed by atoms with Gasteiger partial charge in [0.2, 0.25) is 0 Å². The number of thiazole rings is 1. The summed E-state index contributed by atoms with van der Waals surface area (Å²) in [5.74, 6) is -0.304. The van der Waals surface area contributed by atoms with Crippen LogP contribution in [0.5, 0.6) is 0 Å². The molecule has 1 aliphatic heterocycles. The van der Waals surface area contributed by atoms with E-state index in [1.807, 2.05) is 0 Å². The van der Waals surface area contributed by atoms with Crippen molar-refractivity contribution in [2.45, 2.75) is 32.4 Å². The highest BCUT2D eigenvalue weighted by Crippen LogP contribution is 2.24. The second kappa shape index (κ2) is 7.56. The lowest BCUT2D eigenvalue weighted by Crippen LogP contribution is -2.24. The highest BCUT2D eigenvalue weighted by atomic mass is 32.1. The first-order chi connectivity index (χ1) is 12.7. The molecular formula is C21H21FN2OS.